The van der Waals surface area contributed by atoms with Gasteiger partial charge in [0.2, 0.25) is 0 Å². The molecule has 5 heteroatoms. The molecule has 0 spiro atoms. The number of hydrogen-bond acceptors (Lipinski definition) is 5. The van der Waals surface area contributed by atoms with Gasteiger partial charge in [-0.05, 0) is 83.5 Å². The number of esters is 2. The predicted molar refractivity (Wildman–Crippen MR) is 205 cm³/mol. The average Bonchev–Trinajstić information content (AvgIpc) is 3.09. The maximum Gasteiger partial charge on any atom is 0.306 e. The van der Waals surface area contributed by atoms with E-state index in [0.29, 0.717) is 12.8 Å². The van der Waals surface area contributed by atoms with Gasteiger partial charge in [-0.1, -0.05) is 143 Å². The summed E-state index contributed by atoms with van der Waals surface area (Å²) < 4.78 is 10.5. The molecule has 0 aromatic carbocycles. The van der Waals surface area contributed by atoms with Crippen LogP contribution in [0.2, 0.25) is 0 Å². The standard InChI is InChI=1S/C43H68O5/c1-3-5-7-9-11-13-15-17-19-20-21-22-24-26-28-30-32-34-36-38-43(46)48-41(39-44)40-47-42(45)37-35-33-31-29-27-25-23-18-16-14-12-10-8-6-4-2/h5,7,11-14,17-19,21-23,26,28,32,34,41,44H,3-4,6,8-10,15-16,20,24-25,27,29-31,33,35-40H2,1-2H3/b7-5-,13-11-,14-12-,19-17-,22-21-,23-18-,28-26-,34-32-. The molecule has 1 N–H and O–H groups in total. The van der Waals surface area contributed by atoms with Gasteiger partial charge in [0.1, 0.15) is 6.61 Å². The minimum Gasteiger partial charge on any atom is -0.462 e. The number of aliphatic hydroxyl groups is 1. The van der Waals surface area contributed by atoms with Crippen molar-refractivity contribution >= 4 is 11.9 Å². The molecular formula is C43H68O5. The van der Waals surface area contributed by atoms with Crippen LogP contribution >= 0.6 is 0 Å². The molecule has 0 rings (SSSR count). The third kappa shape index (κ3) is 35.7. The van der Waals surface area contributed by atoms with E-state index < -0.39 is 12.1 Å². The van der Waals surface area contributed by atoms with Crippen LogP contribution in [0, 0.1) is 0 Å². The maximum absolute atomic E-state index is 12.1. The Morgan fingerprint density at radius 2 is 0.938 bits per heavy atom. The second kappa shape index (κ2) is 38.3. The Kier molecular flexibility index (Phi) is 35.7. The van der Waals surface area contributed by atoms with Crippen LogP contribution in [0.1, 0.15) is 142 Å². The van der Waals surface area contributed by atoms with E-state index in [2.05, 4.69) is 98.9 Å². The molecule has 48 heavy (non-hydrogen) atoms. The molecular weight excluding hydrogens is 596 g/mol. The summed E-state index contributed by atoms with van der Waals surface area (Å²) >= 11 is 0. The highest BCUT2D eigenvalue weighted by molar-refractivity contribution is 5.70. The first-order valence-corrected chi connectivity index (χ1v) is 18.8. The number of ether oxygens (including phenoxy) is 2. The summed E-state index contributed by atoms with van der Waals surface area (Å²) in [5.41, 5.74) is 0. The fourth-order valence-corrected chi connectivity index (χ4v) is 4.55. The van der Waals surface area contributed by atoms with E-state index in [0.717, 1.165) is 77.0 Å². The smallest absolute Gasteiger partial charge is 0.306 e. The van der Waals surface area contributed by atoms with Crippen LogP contribution in [0.15, 0.2) is 97.2 Å². The summed E-state index contributed by atoms with van der Waals surface area (Å²) in [5, 5.41) is 9.53. The molecule has 0 amide bonds. The fourth-order valence-electron chi connectivity index (χ4n) is 4.55. The Morgan fingerprint density at radius 3 is 1.44 bits per heavy atom. The van der Waals surface area contributed by atoms with Gasteiger partial charge < -0.3 is 14.6 Å². The minimum absolute atomic E-state index is 0.110. The Labute approximate surface area is 294 Å². The Morgan fingerprint density at radius 1 is 0.500 bits per heavy atom. The van der Waals surface area contributed by atoms with Crippen LogP contribution < -0.4 is 0 Å². The molecule has 1 unspecified atom stereocenters. The van der Waals surface area contributed by atoms with E-state index in [1.165, 1.54) is 32.1 Å². The average molecular weight is 665 g/mol. The van der Waals surface area contributed by atoms with Crippen LogP contribution in [0.5, 0.6) is 0 Å². The van der Waals surface area contributed by atoms with Crippen molar-refractivity contribution in [3.8, 4) is 0 Å². The van der Waals surface area contributed by atoms with Gasteiger partial charge in [-0.15, -0.1) is 0 Å². The van der Waals surface area contributed by atoms with E-state index in [4.69, 9.17) is 9.47 Å². The Bertz CT molecular complexity index is 979. The van der Waals surface area contributed by atoms with Crippen LogP contribution in [-0.4, -0.2) is 36.4 Å². The zero-order valence-electron chi connectivity index (χ0n) is 30.5. The lowest BCUT2D eigenvalue weighted by atomic mass is 10.1. The molecule has 270 valence electrons. The van der Waals surface area contributed by atoms with Gasteiger partial charge in [0.05, 0.1) is 6.61 Å². The number of hydrogen-bond donors (Lipinski definition) is 1. The van der Waals surface area contributed by atoms with Crippen molar-refractivity contribution in [2.75, 3.05) is 13.2 Å². The van der Waals surface area contributed by atoms with Crippen molar-refractivity contribution in [2.45, 2.75) is 148 Å². The van der Waals surface area contributed by atoms with Crippen molar-refractivity contribution in [3.63, 3.8) is 0 Å². The van der Waals surface area contributed by atoms with E-state index in [1.807, 2.05) is 12.2 Å². The van der Waals surface area contributed by atoms with Crippen molar-refractivity contribution in [2.24, 2.45) is 0 Å². The zero-order chi connectivity index (χ0) is 35.0. The molecule has 0 aliphatic rings. The maximum atomic E-state index is 12.1. The highest BCUT2D eigenvalue weighted by atomic mass is 16.6. The molecule has 0 fully saturated rings. The Hall–Kier alpha value is -3.18. The Balaban J connectivity index is 3.77. The zero-order valence-corrected chi connectivity index (χ0v) is 30.5. The molecule has 0 aliphatic heterocycles. The highest BCUT2D eigenvalue weighted by Gasteiger charge is 2.15. The summed E-state index contributed by atoms with van der Waals surface area (Å²) in [4.78, 5) is 24.2. The lowest BCUT2D eigenvalue weighted by Crippen LogP contribution is -2.28. The van der Waals surface area contributed by atoms with Gasteiger partial charge in [-0.3, -0.25) is 9.59 Å². The number of carbonyl (C=O) groups excluding carboxylic acids is 2. The van der Waals surface area contributed by atoms with E-state index in [1.54, 1.807) is 0 Å². The molecule has 0 radical (unpaired) electrons. The normalized spacial score (nSPS) is 13.3. The molecule has 0 saturated carbocycles. The van der Waals surface area contributed by atoms with Crippen LogP contribution in [-0.2, 0) is 19.1 Å². The predicted octanol–water partition coefficient (Wildman–Crippen LogP) is 11.7. The van der Waals surface area contributed by atoms with Gasteiger partial charge >= 0.3 is 11.9 Å². The number of unbranched alkanes of at least 4 members (excludes halogenated alkanes) is 8. The van der Waals surface area contributed by atoms with Crippen LogP contribution in [0.3, 0.4) is 0 Å². The van der Waals surface area contributed by atoms with Gasteiger partial charge in [-0.25, -0.2) is 0 Å². The summed E-state index contributed by atoms with van der Waals surface area (Å²) in [5.74, 6) is -0.716. The summed E-state index contributed by atoms with van der Waals surface area (Å²) in [6, 6.07) is 0. The number of allylic oxidation sites excluding steroid dienone is 16. The fraction of sp³-hybridized carbons (Fsp3) is 0.581. The molecule has 5 nitrogen and oxygen atoms in total. The molecule has 0 bridgehead atoms. The third-order valence-corrected chi connectivity index (χ3v) is 7.38. The summed E-state index contributed by atoms with van der Waals surface area (Å²) in [6.45, 7) is 3.89. The second-order valence-corrected chi connectivity index (χ2v) is 11.9. The number of aliphatic hydroxyl groups excluding tert-OH is 1. The second-order valence-electron chi connectivity index (χ2n) is 11.9. The van der Waals surface area contributed by atoms with Crippen molar-refractivity contribution in [3.05, 3.63) is 97.2 Å². The van der Waals surface area contributed by atoms with Gasteiger partial charge in [-0.2, -0.15) is 0 Å². The number of carbonyl (C=O) groups is 2. The first kappa shape index (κ1) is 44.8. The van der Waals surface area contributed by atoms with Gasteiger partial charge in [0, 0.05) is 12.8 Å². The largest absolute Gasteiger partial charge is 0.462 e. The van der Waals surface area contributed by atoms with Gasteiger partial charge in [0.15, 0.2) is 6.10 Å². The van der Waals surface area contributed by atoms with Crippen molar-refractivity contribution in [1.29, 1.82) is 0 Å². The topological polar surface area (TPSA) is 72.8 Å². The molecule has 0 aliphatic carbocycles. The van der Waals surface area contributed by atoms with Crippen molar-refractivity contribution in [1.82, 2.24) is 0 Å². The molecule has 0 aromatic rings. The van der Waals surface area contributed by atoms with E-state index in [-0.39, 0.29) is 25.6 Å². The van der Waals surface area contributed by atoms with Crippen LogP contribution in [0.25, 0.3) is 0 Å². The van der Waals surface area contributed by atoms with Gasteiger partial charge in [0.25, 0.3) is 0 Å². The lowest BCUT2D eigenvalue weighted by Gasteiger charge is -2.15. The molecule has 0 aromatic heterocycles. The molecule has 0 saturated heterocycles. The quantitative estimate of drug-likeness (QED) is 0.0440. The third-order valence-electron chi connectivity index (χ3n) is 7.38. The van der Waals surface area contributed by atoms with Crippen LogP contribution in [0.4, 0.5) is 0 Å². The number of rotatable bonds is 32. The highest BCUT2D eigenvalue weighted by Crippen LogP contribution is 2.09. The summed E-state index contributed by atoms with van der Waals surface area (Å²) in [6.07, 6.45) is 53.3. The van der Waals surface area contributed by atoms with Crippen molar-refractivity contribution < 1.29 is 24.2 Å². The first-order chi connectivity index (χ1) is 23.6. The molecule has 1 atom stereocenters. The lowest BCUT2D eigenvalue weighted by molar-refractivity contribution is -0.161. The summed E-state index contributed by atoms with van der Waals surface area (Å²) in [7, 11) is 0. The monoisotopic (exact) mass is 665 g/mol. The minimum atomic E-state index is -0.823. The van der Waals surface area contributed by atoms with E-state index >= 15 is 0 Å². The van der Waals surface area contributed by atoms with E-state index in [9.17, 15) is 14.7 Å². The SMILES string of the molecule is CC/C=C\C/C=C\C/C=C\C/C=C\C/C=C\C/C=C\CCC(=O)OC(CO)COC(=O)CCCCCCC/C=C\C/C=C\CCCCC. The molecule has 0 heterocycles. The first-order valence-electron chi connectivity index (χ1n) is 18.8.